The van der Waals surface area contributed by atoms with Gasteiger partial charge < -0.3 is 10.1 Å². The van der Waals surface area contributed by atoms with Crippen LogP contribution in [0.4, 0.5) is 0 Å². The summed E-state index contributed by atoms with van der Waals surface area (Å²) in [5.74, 6) is 0. The summed E-state index contributed by atoms with van der Waals surface area (Å²) in [6.45, 7) is 4.69. The van der Waals surface area contributed by atoms with Crippen LogP contribution in [0.15, 0.2) is 36.4 Å². The first-order chi connectivity index (χ1) is 8.36. The van der Waals surface area contributed by atoms with Gasteiger partial charge in [0.25, 0.3) is 0 Å². The van der Waals surface area contributed by atoms with Gasteiger partial charge in [0.2, 0.25) is 0 Å². The fraction of sp³-hybridized carbons (Fsp3) is 0.333. The highest BCUT2D eigenvalue weighted by Crippen LogP contribution is 2.27. The van der Waals surface area contributed by atoms with Crippen LogP contribution >= 0.6 is 12.4 Å². The zero-order valence-corrected chi connectivity index (χ0v) is 11.3. The first-order valence-electron chi connectivity index (χ1n) is 6.15. The van der Waals surface area contributed by atoms with Crippen molar-refractivity contribution in [3.05, 3.63) is 47.5 Å². The summed E-state index contributed by atoms with van der Waals surface area (Å²) in [6, 6.07) is 13.4. The second-order valence-electron chi connectivity index (χ2n) is 4.60. The molecule has 3 rings (SSSR count). The van der Waals surface area contributed by atoms with Crippen LogP contribution in [0.2, 0.25) is 0 Å². The van der Waals surface area contributed by atoms with Crippen molar-refractivity contribution < 1.29 is 4.74 Å². The Labute approximate surface area is 114 Å². The minimum atomic E-state index is 0. The standard InChI is InChI=1S/C15H17NO.ClH/c1-11-6-7-14(15-10-17-9-8-16-15)13-5-3-2-4-12(11)13;/h2-7,15-16H,8-10H2,1H3;1H/t15-;/m0./s1. The van der Waals surface area contributed by atoms with Gasteiger partial charge in [-0.05, 0) is 28.8 Å². The minimum absolute atomic E-state index is 0. The molecule has 0 aromatic heterocycles. The van der Waals surface area contributed by atoms with E-state index in [0.717, 1.165) is 19.8 Å². The van der Waals surface area contributed by atoms with Gasteiger partial charge in [0.05, 0.1) is 19.3 Å². The molecule has 1 fully saturated rings. The van der Waals surface area contributed by atoms with Gasteiger partial charge in [0, 0.05) is 6.54 Å². The third-order valence-electron chi connectivity index (χ3n) is 3.47. The predicted octanol–water partition coefficient (Wildman–Crippen LogP) is 3.23. The van der Waals surface area contributed by atoms with E-state index in [2.05, 4.69) is 48.6 Å². The van der Waals surface area contributed by atoms with Crippen LogP contribution in [0.5, 0.6) is 0 Å². The van der Waals surface area contributed by atoms with Crippen molar-refractivity contribution in [2.75, 3.05) is 19.8 Å². The summed E-state index contributed by atoms with van der Waals surface area (Å²) in [5.41, 5.74) is 2.69. The van der Waals surface area contributed by atoms with Gasteiger partial charge in [-0.1, -0.05) is 36.4 Å². The van der Waals surface area contributed by atoms with Gasteiger partial charge in [-0.15, -0.1) is 12.4 Å². The second-order valence-corrected chi connectivity index (χ2v) is 4.60. The van der Waals surface area contributed by atoms with E-state index in [4.69, 9.17) is 4.74 Å². The van der Waals surface area contributed by atoms with Gasteiger partial charge in [0.15, 0.2) is 0 Å². The SMILES string of the molecule is Cc1ccc([C@@H]2COCCN2)c2ccccc12.Cl. The van der Waals surface area contributed by atoms with E-state index in [9.17, 15) is 0 Å². The summed E-state index contributed by atoms with van der Waals surface area (Å²) >= 11 is 0. The van der Waals surface area contributed by atoms with Crippen LogP contribution in [-0.4, -0.2) is 19.8 Å². The number of benzene rings is 2. The van der Waals surface area contributed by atoms with Crippen molar-refractivity contribution in [2.24, 2.45) is 0 Å². The van der Waals surface area contributed by atoms with Crippen LogP contribution in [0.25, 0.3) is 10.8 Å². The number of nitrogens with one attached hydrogen (secondary N) is 1. The molecule has 0 bridgehead atoms. The molecule has 1 aliphatic heterocycles. The van der Waals surface area contributed by atoms with Crippen LogP contribution in [0.1, 0.15) is 17.2 Å². The van der Waals surface area contributed by atoms with Crippen molar-refractivity contribution in [3.63, 3.8) is 0 Å². The summed E-state index contributed by atoms with van der Waals surface area (Å²) < 4.78 is 5.55. The van der Waals surface area contributed by atoms with E-state index in [-0.39, 0.29) is 12.4 Å². The van der Waals surface area contributed by atoms with Crippen molar-refractivity contribution >= 4 is 23.2 Å². The van der Waals surface area contributed by atoms with E-state index in [0.29, 0.717) is 6.04 Å². The van der Waals surface area contributed by atoms with E-state index < -0.39 is 0 Å². The molecule has 2 aromatic carbocycles. The monoisotopic (exact) mass is 263 g/mol. The van der Waals surface area contributed by atoms with Crippen molar-refractivity contribution in [2.45, 2.75) is 13.0 Å². The largest absolute Gasteiger partial charge is 0.378 e. The predicted molar refractivity (Wildman–Crippen MR) is 77.5 cm³/mol. The molecule has 2 aromatic rings. The fourth-order valence-electron chi connectivity index (χ4n) is 2.54. The summed E-state index contributed by atoms with van der Waals surface area (Å²) in [6.07, 6.45) is 0. The van der Waals surface area contributed by atoms with Gasteiger partial charge in [-0.2, -0.15) is 0 Å². The van der Waals surface area contributed by atoms with E-state index in [1.54, 1.807) is 0 Å². The number of halogens is 1. The molecule has 3 heteroatoms. The highest BCUT2D eigenvalue weighted by Gasteiger charge is 2.17. The molecule has 0 aliphatic carbocycles. The third kappa shape index (κ3) is 2.37. The van der Waals surface area contributed by atoms with Crippen LogP contribution in [-0.2, 0) is 4.74 Å². The molecule has 1 saturated heterocycles. The lowest BCUT2D eigenvalue weighted by atomic mass is 9.96. The number of rotatable bonds is 1. The van der Waals surface area contributed by atoms with Gasteiger partial charge in [-0.3, -0.25) is 0 Å². The molecule has 0 spiro atoms. The first kappa shape index (κ1) is 13.3. The van der Waals surface area contributed by atoms with Crippen LogP contribution < -0.4 is 5.32 Å². The maximum Gasteiger partial charge on any atom is 0.0662 e. The molecule has 1 atom stereocenters. The fourth-order valence-corrected chi connectivity index (χ4v) is 2.54. The van der Waals surface area contributed by atoms with Gasteiger partial charge in [0.1, 0.15) is 0 Å². The van der Waals surface area contributed by atoms with Crippen LogP contribution in [0, 0.1) is 6.92 Å². The molecule has 2 nitrogen and oxygen atoms in total. The Morgan fingerprint density at radius 1 is 1.11 bits per heavy atom. The molecule has 0 amide bonds. The lowest BCUT2D eigenvalue weighted by Gasteiger charge is -2.25. The smallest absolute Gasteiger partial charge is 0.0662 e. The Morgan fingerprint density at radius 3 is 2.61 bits per heavy atom. The molecule has 18 heavy (non-hydrogen) atoms. The summed E-state index contributed by atoms with van der Waals surface area (Å²) in [5, 5.41) is 6.21. The Kier molecular flexibility index (Phi) is 4.23. The highest BCUT2D eigenvalue weighted by atomic mass is 35.5. The Bertz CT molecular complexity index is 535. The zero-order chi connectivity index (χ0) is 11.7. The molecule has 0 radical (unpaired) electrons. The van der Waals surface area contributed by atoms with E-state index in [1.807, 2.05) is 0 Å². The Balaban J connectivity index is 0.00000120. The third-order valence-corrected chi connectivity index (χ3v) is 3.47. The zero-order valence-electron chi connectivity index (χ0n) is 10.5. The molecular weight excluding hydrogens is 246 g/mol. The normalized spacial score (nSPS) is 19.5. The van der Waals surface area contributed by atoms with Crippen molar-refractivity contribution in [3.8, 4) is 0 Å². The van der Waals surface area contributed by atoms with Crippen molar-refractivity contribution in [1.29, 1.82) is 0 Å². The number of aryl methyl sites for hydroxylation is 1. The number of fused-ring (bicyclic) bond motifs is 1. The second kappa shape index (κ2) is 5.70. The maximum absolute atomic E-state index is 5.55. The van der Waals surface area contributed by atoms with Gasteiger partial charge in [-0.25, -0.2) is 0 Å². The average molecular weight is 264 g/mol. The Morgan fingerprint density at radius 2 is 1.89 bits per heavy atom. The lowest BCUT2D eigenvalue weighted by molar-refractivity contribution is 0.0773. The molecule has 96 valence electrons. The van der Waals surface area contributed by atoms with Crippen molar-refractivity contribution in [1.82, 2.24) is 5.32 Å². The number of hydrogen-bond acceptors (Lipinski definition) is 2. The summed E-state index contributed by atoms with van der Waals surface area (Å²) in [4.78, 5) is 0. The number of ether oxygens (including phenoxy) is 1. The minimum Gasteiger partial charge on any atom is -0.378 e. The molecule has 1 aliphatic rings. The average Bonchev–Trinajstić information content (AvgIpc) is 2.41. The van der Waals surface area contributed by atoms with Crippen LogP contribution in [0.3, 0.4) is 0 Å². The highest BCUT2D eigenvalue weighted by molar-refractivity contribution is 5.89. The number of hydrogen-bond donors (Lipinski definition) is 1. The molecule has 0 unspecified atom stereocenters. The molecule has 1 heterocycles. The first-order valence-corrected chi connectivity index (χ1v) is 6.15. The van der Waals surface area contributed by atoms with E-state index >= 15 is 0 Å². The topological polar surface area (TPSA) is 21.3 Å². The van der Waals surface area contributed by atoms with Gasteiger partial charge >= 0.3 is 0 Å². The maximum atomic E-state index is 5.55. The number of morpholine rings is 1. The van der Waals surface area contributed by atoms with E-state index in [1.165, 1.54) is 21.9 Å². The molecule has 1 N–H and O–H groups in total. The Hall–Kier alpha value is -1.09. The lowest BCUT2D eigenvalue weighted by Crippen LogP contribution is -2.34. The molecular formula is C15H18ClNO. The molecule has 0 saturated carbocycles. The quantitative estimate of drug-likeness (QED) is 0.853. The summed E-state index contributed by atoms with van der Waals surface area (Å²) in [7, 11) is 0.